The summed E-state index contributed by atoms with van der Waals surface area (Å²) in [7, 11) is 1.32. The number of halogens is 1. The van der Waals surface area contributed by atoms with E-state index in [1.54, 1.807) is 6.92 Å². The number of nitro benzene ring substituents is 1. The third kappa shape index (κ3) is 5.52. The topological polar surface area (TPSA) is 125 Å². The van der Waals surface area contributed by atoms with Gasteiger partial charge in [0.15, 0.2) is 6.61 Å². The van der Waals surface area contributed by atoms with Crippen molar-refractivity contribution in [3.63, 3.8) is 0 Å². The normalized spacial score (nSPS) is 10.2. The molecule has 0 heterocycles. The van der Waals surface area contributed by atoms with Crippen molar-refractivity contribution in [2.45, 2.75) is 13.3 Å². The number of nitrogens with zero attached hydrogens (tertiary/aromatic N) is 1. The molecule has 29 heavy (non-hydrogen) atoms. The van der Waals surface area contributed by atoms with Gasteiger partial charge in [0, 0.05) is 30.2 Å². The van der Waals surface area contributed by atoms with Crippen LogP contribution in [-0.4, -0.2) is 36.3 Å². The predicted molar refractivity (Wildman–Crippen MR) is 105 cm³/mol. The second kappa shape index (κ2) is 9.65. The molecule has 0 spiro atoms. The number of anilines is 1. The number of carbonyl (C=O) groups is 3. The van der Waals surface area contributed by atoms with Gasteiger partial charge in [-0.1, -0.05) is 30.7 Å². The maximum atomic E-state index is 12.4. The molecule has 0 radical (unpaired) electrons. The van der Waals surface area contributed by atoms with Crippen molar-refractivity contribution in [2.75, 3.05) is 19.0 Å². The monoisotopic (exact) mass is 420 g/mol. The molecule has 152 valence electrons. The van der Waals surface area contributed by atoms with Gasteiger partial charge in [-0.3, -0.25) is 19.7 Å². The lowest BCUT2D eigenvalue weighted by molar-refractivity contribution is -0.384. The van der Waals surface area contributed by atoms with Gasteiger partial charge in [-0.25, -0.2) is 4.79 Å². The number of nitro groups is 1. The first-order chi connectivity index (χ1) is 13.8. The number of ether oxygens (including phenoxy) is 2. The first-order valence-corrected chi connectivity index (χ1v) is 8.76. The van der Waals surface area contributed by atoms with Crippen LogP contribution in [0.5, 0.6) is 5.75 Å². The average molecular weight is 421 g/mol. The molecule has 9 nitrogen and oxygen atoms in total. The molecular formula is C19H17ClN2O7. The van der Waals surface area contributed by atoms with Crippen molar-refractivity contribution in [2.24, 2.45) is 0 Å². The molecule has 0 aromatic heterocycles. The van der Waals surface area contributed by atoms with Crippen molar-refractivity contribution in [1.29, 1.82) is 0 Å². The standard InChI is InChI=1S/C19H17ClN2O7/c1-3-18(24)21-15-9-17(28-2)13(8-14(15)20)19(25)29-10-16(23)11-5-4-6-12(7-11)22(26)27/h4-9H,3,10H2,1-2H3,(H,21,24). The molecule has 2 aromatic rings. The van der Waals surface area contributed by atoms with E-state index in [0.29, 0.717) is 0 Å². The fraction of sp³-hybridized carbons (Fsp3) is 0.211. The summed E-state index contributed by atoms with van der Waals surface area (Å²) in [6.07, 6.45) is 0.238. The molecule has 1 N–H and O–H groups in total. The van der Waals surface area contributed by atoms with E-state index in [1.807, 2.05) is 0 Å². The van der Waals surface area contributed by atoms with Crippen molar-refractivity contribution < 1.29 is 28.8 Å². The van der Waals surface area contributed by atoms with Crippen LogP contribution in [0.3, 0.4) is 0 Å². The van der Waals surface area contributed by atoms with Gasteiger partial charge in [-0.2, -0.15) is 0 Å². The highest BCUT2D eigenvalue weighted by atomic mass is 35.5. The summed E-state index contributed by atoms with van der Waals surface area (Å²) >= 11 is 6.10. The zero-order chi connectivity index (χ0) is 21.6. The van der Waals surface area contributed by atoms with Crippen LogP contribution < -0.4 is 10.1 Å². The summed E-state index contributed by atoms with van der Waals surface area (Å²) in [6, 6.07) is 7.71. The maximum absolute atomic E-state index is 12.4. The molecule has 0 aliphatic heterocycles. The Bertz CT molecular complexity index is 975. The number of carbonyl (C=O) groups excluding carboxylic acids is 3. The fourth-order valence-electron chi connectivity index (χ4n) is 2.30. The predicted octanol–water partition coefficient (Wildman–Crippen LogP) is 3.65. The first kappa shape index (κ1) is 21.8. The van der Waals surface area contributed by atoms with Crippen LogP contribution >= 0.6 is 11.6 Å². The summed E-state index contributed by atoms with van der Waals surface area (Å²) < 4.78 is 10.1. The van der Waals surface area contributed by atoms with Gasteiger partial charge in [0.2, 0.25) is 11.7 Å². The van der Waals surface area contributed by atoms with Crippen molar-refractivity contribution >= 4 is 40.6 Å². The second-order valence-electron chi connectivity index (χ2n) is 5.74. The van der Waals surface area contributed by atoms with Gasteiger partial charge in [-0.15, -0.1) is 0 Å². The molecule has 2 aromatic carbocycles. The zero-order valence-corrected chi connectivity index (χ0v) is 16.3. The Morgan fingerprint density at radius 1 is 1.21 bits per heavy atom. The third-order valence-corrected chi connectivity index (χ3v) is 4.13. The van der Waals surface area contributed by atoms with E-state index in [4.69, 9.17) is 21.1 Å². The fourth-order valence-corrected chi connectivity index (χ4v) is 2.51. The van der Waals surface area contributed by atoms with Crippen LogP contribution in [0.4, 0.5) is 11.4 Å². The van der Waals surface area contributed by atoms with Crippen LogP contribution in [-0.2, 0) is 9.53 Å². The SMILES string of the molecule is CCC(=O)Nc1cc(OC)c(C(=O)OCC(=O)c2cccc([N+](=O)[O-])c2)cc1Cl. The molecule has 0 aliphatic rings. The Kier molecular flexibility index (Phi) is 7.27. The van der Waals surface area contributed by atoms with E-state index in [2.05, 4.69) is 5.32 Å². The van der Waals surface area contributed by atoms with Gasteiger partial charge in [0.1, 0.15) is 11.3 Å². The van der Waals surface area contributed by atoms with Gasteiger partial charge >= 0.3 is 5.97 Å². The molecule has 0 atom stereocenters. The van der Waals surface area contributed by atoms with E-state index < -0.39 is 23.3 Å². The van der Waals surface area contributed by atoms with Gasteiger partial charge in [0.25, 0.3) is 5.69 Å². The van der Waals surface area contributed by atoms with Gasteiger partial charge in [-0.05, 0) is 6.07 Å². The molecule has 0 saturated carbocycles. The van der Waals surface area contributed by atoms with Gasteiger partial charge < -0.3 is 14.8 Å². The molecule has 0 fully saturated rings. The van der Waals surface area contributed by atoms with Crippen molar-refractivity contribution in [3.05, 3.63) is 62.7 Å². The molecule has 10 heteroatoms. The van der Waals surface area contributed by atoms with E-state index >= 15 is 0 Å². The molecule has 1 amide bonds. The Balaban J connectivity index is 2.15. The van der Waals surface area contributed by atoms with E-state index in [1.165, 1.54) is 37.4 Å². The molecular weight excluding hydrogens is 404 g/mol. The number of esters is 1. The van der Waals surface area contributed by atoms with Crippen LogP contribution in [0.15, 0.2) is 36.4 Å². The van der Waals surface area contributed by atoms with Gasteiger partial charge in [0.05, 0.1) is 22.7 Å². The molecule has 0 aliphatic carbocycles. The lowest BCUT2D eigenvalue weighted by Crippen LogP contribution is -2.16. The van der Waals surface area contributed by atoms with Crippen molar-refractivity contribution in [3.8, 4) is 5.75 Å². The molecule has 0 unspecified atom stereocenters. The number of rotatable bonds is 8. The number of hydrogen-bond acceptors (Lipinski definition) is 7. The first-order valence-electron chi connectivity index (χ1n) is 8.39. The maximum Gasteiger partial charge on any atom is 0.342 e. The molecule has 0 saturated heterocycles. The molecule has 2 rings (SSSR count). The average Bonchev–Trinajstić information content (AvgIpc) is 2.72. The zero-order valence-electron chi connectivity index (χ0n) is 15.6. The summed E-state index contributed by atoms with van der Waals surface area (Å²) in [4.78, 5) is 46.3. The Labute approximate surface area is 170 Å². The Morgan fingerprint density at radius 2 is 1.93 bits per heavy atom. The lowest BCUT2D eigenvalue weighted by atomic mass is 10.1. The highest BCUT2D eigenvalue weighted by Gasteiger charge is 2.20. The number of Topliss-reactive ketones (excluding diaryl/α,β-unsaturated/α-hetero) is 1. The molecule has 0 bridgehead atoms. The number of ketones is 1. The Hall–Kier alpha value is -3.46. The third-order valence-electron chi connectivity index (χ3n) is 3.82. The smallest absolute Gasteiger partial charge is 0.342 e. The van der Waals surface area contributed by atoms with E-state index in [-0.39, 0.29) is 45.6 Å². The number of hydrogen-bond donors (Lipinski definition) is 1. The minimum Gasteiger partial charge on any atom is -0.496 e. The highest BCUT2D eigenvalue weighted by Crippen LogP contribution is 2.31. The minimum atomic E-state index is -0.879. The largest absolute Gasteiger partial charge is 0.496 e. The number of amides is 1. The Morgan fingerprint density at radius 3 is 2.55 bits per heavy atom. The van der Waals surface area contributed by atoms with E-state index in [9.17, 15) is 24.5 Å². The van der Waals surface area contributed by atoms with Crippen molar-refractivity contribution in [1.82, 2.24) is 0 Å². The quantitative estimate of drug-likeness (QED) is 0.299. The highest BCUT2D eigenvalue weighted by molar-refractivity contribution is 6.34. The van der Waals surface area contributed by atoms with Crippen LogP contribution in [0.1, 0.15) is 34.1 Å². The lowest BCUT2D eigenvalue weighted by Gasteiger charge is -2.13. The second-order valence-corrected chi connectivity index (χ2v) is 6.15. The number of nitrogens with one attached hydrogen (secondary N) is 1. The van der Waals surface area contributed by atoms with Crippen LogP contribution in [0.25, 0.3) is 0 Å². The summed E-state index contributed by atoms with van der Waals surface area (Å²) in [5.41, 5.74) is 0.00777. The van der Waals surface area contributed by atoms with Crippen LogP contribution in [0, 0.1) is 10.1 Å². The minimum absolute atomic E-state index is 0.0367. The van der Waals surface area contributed by atoms with Crippen LogP contribution in [0.2, 0.25) is 5.02 Å². The summed E-state index contributed by atoms with van der Waals surface area (Å²) in [5, 5.41) is 13.5. The van der Waals surface area contributed by atoms with E-state index in [0.717, 1.165) is 6.07 Å². The summed E-state index contributed by atoms with van der Waals surface area (Å²) in [6.45, 7) is 1.04. The number of benzene rings is 2. The number of non-ortho nitro benzene ring substituents is 1. The number of methoxy groups -OCH3 is 1. The summed E-state index contributed by atoms with van der Waals surface area (Å²) in [5.74, 6) is -1.67.